The van der Waals surface area contributed by atoms with E-state index in [0.717, 1.165) is 5.70 Å². The molecule has 0 aliphatic carbocycles. The maximum Gasteiger partial charge on any atom is 0.240 e. The van der Waals surface area contributed by atoms with Crippen LogP contribution in [-0.2, 0) is 4.79 Å². The summed E-state index contributed by atoms with van der Waals surface area (Å²) >= 11 is 0. The normalized spacial score (nSPS) is 25.2. The number of hydrogen-bond acceptors (Lipinski definition) is 3. The minimum Gasteiger partial charge on any atom is -0.287 e. The molecule has 1 heterocycles. The summed E-state index contributed by atoms with van der Waals surface area (Å²) in [5.41, 5.74) is 0.579. The van der Waals surface area contributed by atoms with Crippen LogP contribution in [0.15, 0.2) is 16.8 Å². The first-order valence-corrected chi connectivity index (χ1v) is 4.37. The summed E-state index contributed by atoms with van der Waals surface area (Å²) in [5.74, 6) is 0. The van der Waals surface area contributed by atoms with Crippen LogP contribution < -0.4 is 0 Å². The van der Waals surface area contributed by atoms with Gasteiger partial charge in [-0.15, -0.1) is 0 Å². The Balaban J connectivity index is 3.16. The standard InChI is InChI=1S/C10H16N2O/c1-9(2)6-8(11-7-13)10(3,4)12(9)5/h6H,1-5H3. The van der Waals surface area contributed by atoms with E-state index < -0.39 is 0 Å². The highest BCUT2D eigenvalue weighted by Gasteiger charge is 2.43. The Labute approximate surface area is 79.1 Å². The van der Waals surface area contributed by atoms with Crippen LogP contribution in [0.25, 0.3) is 0 Å². The van der Waals surface area contributed by atoms with Crippen LogP contribution in [0.5, 0.6) is 0 Å². The number of aliphatic imine (C=N–C) groups is 1. The average Bonchev–Trinajstić information content (AvgIpc) is 2.14. The van der Waals surface area contributed by atoms with E-state index in [2.05, 4.69) is 37.6 Å². The van der Waals surface area contributed by atoms with Crippen molar-refractivity contribution in [1.82, 2.24) is 4.90 Å². The molecule has 72 valence electrons. The summed E-state index contributed by atoms with van der Waals surface area (Å²) in [4.78, 5) is 16.1. The maximum atomic E-state index is 10.2. The molecule has 0 saturated carbocycles. The summed E-state index contributed by atoms with van der Waals surface area (Å²) in [6, 6.07) is 0. The lowest BCUT2D eigenvalue weighted by atomic mass is 10.0. The van der Waals surface area contributed by atoms with E-state index in [1.54, 1.807) is 6.08 Å². The number of nitrogens with zero attached hydrogens (tertiary/aromatic N) is 2. The Kier molecular flexibility index (Phi) is 2.18. The Morgan fingerprint density at radius 1 is 1.38 bits per heavy atom. The first kappa shape index (κ1) is 10.2. The lowest BCUT2D eigenvalue weighted by Gasteiger charge is -2.37. The highest BCUT2D eigenvalue weighted by molar-refractivity contribution is 5.42. The lowest BCUT2D eigenvalue weighted by Crippen LogP contribution is -2.47. The van der Waals surface area contributed by atoms with Crippen molar-refractivity contribution in [1.29, 1.82) is 0 Å². The predicted molar refractivity (Wildman–Crippen MR) is 52.1 cm³/mol. The zero-order chi connectivity index (χ0) is 10.3. The molecule has 0 aromatic carbocycles. The van der Waals surface area contributed by atoms with E-state index in [4.69, 9.17) is 0 Å². The van der Waals surface area contributed by atoms with Gasteiger partial charge in [0, 0.05) is 5.54 Å². The third-order valence-electron chi connectivity index (χ3n) is 2.99. The molecule has 3 nitrogen and oxygen atoms in total. The molecule has 0 fully saturated rings. The fourth-order valence-electron chi connectivity index (χ4n) is 1.72. The van der Waals surface area contributed by atoms with Crippen LogP contribution in [0.2, 0.25) is 0 Å². The van der Waals surface area contributed by atoms with Crippen molar-refractivity contribution >= 4 is 6.08 Å². The zero-order valence-electron chi connectivity index (χ0n) is 8.88. The van der Waals surface area contributed by atoms with Gasteiger partial charge in [-0.25, -0.2) is 4.79 Å². The summed E-state index contributed by atoms with van der Waals surface area (Å²) in [5, 5.41) is 0. The van der Waals surface area contributed by atoms with E-state index in [1.807, 2.05) is 13.1 Å². The lowest BCUT2D eigenvalue weighted by molar-refractivity contribution is 0.128. The van der Waals surface area contributed by atoms with Crippen LogP contribution in [0, 0.1) is 0 Å². The topological polar surface area (TPSA) is 32.7 Å². The number of isocyanates is 1. The Morgan fingerprint density at radius 3 is 2.23 bits per heavy atom. The molecule has 0 amide bonds. The smallest absolute Gasteiger partial charge is 0.240 e. The van der Waals surface area contributed by atoms with Crippen LogP contribution in [0.1, 0.15) is 27.7 Å². The van der Waals surface area contributed by atoms with Gasteiger partial charge < -0.3 is 0 Å². The van der Waals surface area contributed by atoms with Crippen molar-refractivity contribution in [2.24, 2.45) is 4.99 Å². The minimum absolute atomic E-state index is 0.0425. The fraction of sp³-hybridized carbons (Fsp3) is 0.700. The Morgan fingerprint density at radius 2 is 1.92 bits per heavy atom. The number of carbonyl (C=O) groups excluding carboxylic acids is 1. The molecular formula is C10H16N2O. The van der Waals surface area contributed by atoms with Crippen molar-refractivity contribution in [2.75, 3.05) is 7.05 Å². The average molecular weight is 180 g/mol. The molecule has 13 heavy (non-hydrogen) atoms. The number of hydrogen-bond donors (Lipinski definition) is 0. The molecule has 0 aromatic rings. The molecule has 0 saturated heterocycles. The summed E-state index contributed by atoms with van der Waals surface area (Å²) < 4.78 is 0. The quantitative estimate of drug-likeness (QED) is 0.454. The van der Waals surface area contributed by atoms with Crippen LogP contribution >= 0.6 is 0 Å². The molecule has 0 unspecified atom stereocenters. The monoisotopic (exact) mass is 180 g/mol. The summed E-state index contributed by atoms with van der Waals surface area (Å²) in [7, 11) is 2.03. The highest BCUT2D eigenvalue weighted by atomic mass is 16.1. The van der Waals surface area contributed by atoms with Crippen molar-refractivity contribution in [3.63, 3.8) is 0 Å². The molecule has 0 bridgehead atoms. The van der Waals surface area contributed by atoms with Gasteiger partial charge in [0.05, 0.1) is 11.2 Å². The second kappa shape index (κ2) is 2.79. The molecule has 1 rings (SSSR count). The molecule has 0 spiro atoms. The van der Waals surface area contributed by atoms with Crippen LogP contribution in [0.4, 0.5) is 0 Å². The van der Waals surface area contributed by atoms with Crippen LogP contribution in [0.3, 0.4) is 0 Å². The van der Waals surface area contributed by atoms with E-state index in [0.29, 0.717) is 0 Å². The van der Waals surface area contributed by atoms with Crippen molar-refractivity contribution in [2.45, 2.75) is 38.8 Å². The van der Waals surface area contributed by atoms with Gasteiger partial charge in [0.2, 0.25) is 6.08 Å². The predicted octanol–water partition coefficient (Wildman–Crippen LogP) is 1.71. The number of likely N-dealkylation sites (N-methyl/N-ethyl adjacent to an activating group) is 1. The first-order chi connectivity index (χ1) is 5.82. The summed E-state index contributed by atoms with van der Waals surface area (Å²) in [6.07, 6.45) is 3.62. The molecule has 0 aromatic heterocycles. The van der Waals surface area contributed by atoms with Gasteiger partial charge in [0.15, 0.2) is 0 Å². The van der Waals surface area contributed by atoms with Gasteiger partial charge in [-0.1, -0.05) is 0 Å². The third kappa shape index (κ3) is 1.45. The SMILES string of the molecule is CN1C(C)(C)C=C(N=C=O)C1(C)C. The molecule has 1 aliphatic rings. The first-order valence-electron chi connectivity index (χ1n) is 4.37. The van der Waals surface area contributed by atoms with Gasteiger partial charge in [-0.2, -0.15) is 4.99 Å². The number of rotatable bonds is 1. The second-order valence-corrected chi connectivity index (χ2v) is 4.50. The van der Waals surface area contributed by atoms with Crippen molar-refractivity contribution in [3.05, 3.63) is 11.8 Å². The van der Waals surface area contributed by atoms with Crippen molar-refractivity contribution < 1.29 is 4.79 Å². The molecular weight excluding hydrogens is 164 g/mol. The Hall–Kier alpha value is -0.920. The molecule has 1 aliphatic heterocycles. The largest absolute Gasteiger partial charge is 0.287 e. The Bertz CT molecular complexity index is 296. The third-order valence-corrected chi connectivity index (χ3v) is 2.99. The van der Waals surface area contributed by atoms with Crippen molar-refractivity contribution in [3.8, 4) is 0 Å². The van der Waals surface area contributed by atoms with Gasteiger partial charge in [-0.3, -0.25) is 4.90 Å². The van der Waals surface area contributed by atoms with E-state index >= 15 is 0 Å². The highest BCUT2D eigenvalue weighted by Crippen LogP contribution is 2.38. The molecule has 0 radical (unpaired) electrons. The molecule has 0 atom stereocenters. The van der Waals surface area contributed by atoms with E-state index in [9.17, 15) is 4.79 Å². The zero-order valence-corrected chi connectivity index (χ0v) is 8.88. The van der Waals surface area contributed by atoms with Gasteiger partial charge in [0.25, 0.3) is 0 Å². The molecule has 3 heteroatoms. The molecule has 0 N–H and O–H groups in total. The van der Waals surface area contributed by atoms with E-state index in [1.165, 1.54) is 0 Å². The minimum atomic E-state index is -0.180. The van der Waals surface area contributed by atoms with Gasteiger partial charge >= 0.3 is 0 Å². The summed E-state index contributed by atoms with van der Waals surface area (Å²) in [6.45, 7) is 8.30. The fourth-order valence-corrected chi connectivity index (χ4v) is 1.72. The van der Waals surface area contributed by atoms with E-state index in [-0.39, 0.29) is 11.1 Å². The maximum absolute atomic E-state index is 10.2. The second-order valence-electron chi connectivity index (χ2n) is 4.50. The van der Waals surface area contributed by atoms with Crippen LogP contribution in [-0.4, -0.2) is 29.1 Å². The van der Waals surface area contributed by atoms with Gasteiger partial charge in [-0.05, 0) is 40.8 Å². The van der Waals surface area contributed by atoms with Gasteiger partial charge in [0.1, 0.15) is 0 Å².